The van der Waals surface area contributed by atoms with Gasteiger partial charge in [0.15, 0.2) is 6.23 Å². The molecule has 170 valence electrons. The molecule has 2 aliphatic heterocycles. The second-order valence-electron chi connectivity index (χ2n) is 7.49. The number of carbonyl (C=O) groups excluding carboxylic acids is 1. The third-order valence-electron chi connectivity index (χ3n) is 5.35. The van der Waals surface area contributed by atoms with E-state index in [0.29, 0.717) is 38.2 Å². The van der Waals surface area contributed by atoms with E-state index >= 15 is 0 Å². The fourth-order valence-electron chi connectivity index (χ4n) is 3.71. The van der Waals surface area contributed by atoms with E-state index in [-0.39, 0.29) is 16.5 Å². The van der Waals surface area contributed by atoms with Crippen LogP contribution < -0.4 is 15.2 Å². The van der Waals surface area contributed by atoms with Gasteiger partial charge < -0.3 is 19.1 Å². The lowest BCUT2D eigenvalue weighted by molar-refractivity contribution is -0.384. The van der Waals surface area contributed by atoms with Gasteiger partial charge in [-0.1, -0.05) is 11.6 Å². The summed E-state index contributed by atoms with van der Waals surface area (Å²) in [5.41, 5.74) is -0.0591. The summed E-state index contributed by atoms with van der Waals surface area (Å²) in [4.78, 5) is 36.7. The van der Waals surface area contributed by atoms with Gasteiger partial charge in [-0.3, -0.25) is 14.9 Å². The lowest BCUT2D eigenvalue weighted by Gasteiger charge is -2.25. The Morgan fingerprint density at radius 3 is 2.72 bits per heavy atom. The van der Waals surface area contributed by atoms with Crippen molar-refractivity contribution in [2.45, 2.75) is 38.0 Å². The molecule has 11 nitrogen and oxygen atoms in total. The van der Waals surface area contributed by atoms with Crippen molar-refractivity contribution in [2.24, 2.45) is 0 Å². The average Bonchev–Trinajstić information content (AvgIpc) is 3.24. The Morgan fingerprint density at radius 2 is 2.03 bits per heavy atom. The summed E-state index contributed by atoms with van der Waals surface area (Å²) < 4.78 is 17.3. The van der Waals surface area contributed by atoms with Crippen LogP contribution in [-0.4, -0.2) is 46.7 Å². The van der Waals surface area contributed by atoms with Crippen LogP contribution in [0.1, 0.15) is 31.9 Å². The quantitative estimate of drug-likeness (QED) is 0.283. The standard InChI is InChI=1S/C20H21ClN4O7/c21-18-16(11-22-24(19(18)26)17-3-1-2-10-30-17)23-9-8-15(12-23)32-20(27)31-14-6-4-13(5-7-14)25(28)29/h4-7,11,15,17H,1-3,8-10,12H2. The zero-order chi connectivity index (χ0) is 22.7. The number of benzene rings is 1. The molecule has 0 N–H and O–H groups in total. The summed E-state index contributed by atoms with van der Waals surface area (Å²) in [5, 5.41) is 15.0. The Kier molecular flexibility index (Phi) is 6.56. The van der Waals surface area contributed by atoms with Gasteiger partial charge >= 0.3 is 6.16 Å². The molecular weight excluding hydrogens is 444 g/mol. The molecular formula is C20H21ClN4O7. The maximum Gasteiger partial charge on any atom is 0.514 e. The number of hydrogen-bond acceptors (Lipinski definition) is 9. The van der Waals surface area contributed by atoms with E-state index in [1.807, 2.05) is 4.90 Å². The zero-order valence-corrected chi connectivity index (χ0v) is 17.8. The average molecular weight is 465 g/mol. The number of non-ortho nitro benzene ring substituents is 1. The van der Waals surface area contributed by atoms with E-state index < -0.39 is 29.0 Å². The Labute approximate surface area is 187 Å². The maximum absolute atomic E-state index is 12.7. The van der Waals surface area contributed by atoms with Gasteiger partial charge in [0.05, 0.1) is 23.4 Å². The van der Waals surface area contributed by atoms with Crippen LogP contribution >= 0.6 is 11.6 Å². The predicted molar refractivity (Wildman–Crippen MR) is 113 cm³/mol. The smallest absolute Gasteiger partial charge is 0.429 e. The highest BCUT2D eigenvalue weighted by molar-refractivity contribution is 6.33. The Bertz CT molecular complexity index is 1050. The number of aromatic nitrogens is 2. The Morgan fingerprint density at radius 1 is 1.25 bits per heavy atom. The first-order valence-electron chi connectivity index (χ1n) is 10.2. The normalized spacial score (nSPS) is 20.7. The van der Waals surface area contributed by atoms with Gasteiger partial charge in [-0.15, -0.1) is 0 Å². The van der Waals surface area contributed by atoms with Crippen molar-refractivity contribution < 1.29 is 23.9 Å². The highest BCUT2D eigenvalue weighted by atomic mass is 35.5. The van der Waals surface area contributed by atoms with Crippen LogP contribution in [0.3, 0.4) is 0 Å². The summed E-state index contributed by atoms with van der Waals surface area (Å²) in [6.07, 6.45) is 2.86. The molecule has 0 saturated carbocycles. The molecule has 1 aromatic heterocycles. The highest BCUT2D eigenvalue weighted by Crippen LogP contribution is 2.28. The van der Waals surface area contributed by atoms with Crippen LogP contribution in [0.2, 0.25) is 5.02 Å². The predicted octanol–water partition coefficient (Wildman–Crippen LogP) is 3.30. The second-order valence-corrected chi connectivity index (χ2v) is 7.87. The Hall–Kier alpha value is -3.18. The van der Waals surface area contributed by atoms with E-state index in [1.165, 1.54) is 35.1 Å². The number of ether oxygens (including phenoxy) is 3. The van der Waals surface area contributed by atoms with Crippen molar-refractivity contribution in [1.82, 2.24) is 9.78 Å². The molecule has 0 aliphatic carbocycles. The van der Waals surface area contributed by atoms with Crippen molar-refractivity contribution in [3.63, 3.8) is 0 Å². The van der Waals surface area contributed by atoms with Crippen LogP contribution in [0.4, 0.5) is 16.2 Å². The Balaban J connectivity index is 1.35. The fraction of sp³-hybridized carbons (Fsp3) is 0.450. The first-order valence-corrected chi connectivity index (χ1v) is 10.6. The topological polar surface area (TPSA) is 126 Å². The van der Waals surface area contributed by atoms with E-state index in [2.05, 4.69) is 5.10 Å². The van der Waals surface area contributed by atoms with Gasteiger partial charge in [0, 0.05) is 31.7 Å². The summed E-state index contributed by atoms with van der Waals surface area (Å²) in [7, 11) is 0. The highest BCUT2D eigenvalue weighted by Gasteiger charge is 2.30. The molecule has 0 radical (unpaired) electrons. The molecule has 2 unspecified atom stereocenters. The maximum atomic E-state index is 12.7. The van der Waals surface area contributed by atoms with Gasteiger partial charge in [0.25, 0.3) is 11.2 Å². The number of halogens is 1. The minimum Gasteiger partial charge on any atom is -0.429 e. The van der Waals surface area contributed by atoms with Crippen molar-refractivity contribution in [2.75, 3.05) is 24.6 Å². The molecule has 32 heavy (non-hydrogen) atoms. The number of nitro benzene ring substituents is 1. The minimum atomic E-state index is -0.917. The second kappa shape index (κ2) is 9.53. The van der Waals surface area contributed by atoms with Gasteiger partial charge in [0.1, 0.15) is 16.9 Å². The van der Waals surface area contributed by atoms with Crippen LogP contribution in [0.15, 0.2) is 35.3 Å². The van der Waals surface area contributed by atoms with Crippen molar-refractivity contribution in [3.05, 3.63) is 56.0 Å². The molecule has 0 bridgehead atoms. The van der Waals surface area contributed by atoms with E-state index in [1.54, 1.807) is 0 Å². The van der Waals surface area contributed by atoms with Gasteiger partial charge in [0.2, 0.25) is 0 Å². The van der Waals surface area contributed by atoms with Crippen molar-refractivity contribution in [1.29, 1.82) is 0 Å². The SMILES string of the molecule is O=C(Oc1ccc([N+](=O)[O-])cc1)OC1CCN(c2cnn(C3CCCCO3)c(=O)c2Cl)C1. The van der Waals surface area contributed by atoms with Gasteiger partial charge in [-0.05, 0) is 31.4 Å². The van der Waals surface area contributed by atoms with Crippen LogP contribution in [-0.2, 0) is 9.47 Å². The van der Waals surface area contributed by atoms with Gasteiger partial charge in [-0.25, -0.2) is 4.79 Å². The third-order valence-corrected chi connectivity index (χ3v) is 5.71. The number of rotatable bonds is 5. The molecule has 2 atom stereocenters. The lowest BCUT2D eigenvalue weighted by atomic mass is 10.2. The molecule has 1 aromatic carbocycles. The monoisotopic (exact) mass is 464 g/mol. The van der Waals surface area contributed by atoms with Crippen LogP contribution in [0, 0.1) is 10.1 Å². The van der Waals surface area contributed by atoms with E-state index in [4.69, 9.17) is 25.8 Å². The van der Waals surface area contributed by atoms with Crippen LogP contribution in [0.25, 0.3) is 0 Å². The molecule has 0 spiro atoms. The molecule has 0 amide bonds. The molecule has 3 heterocycles. The number of nitrogens with zero attached hydrogens (tertiary/aromatic N) is 4. The lowest BCUT2D eigenvalue weighted by Crippen LogP contribution is -2.33. The molecule has 12 heteroatoms. The van der Waals surface area contributed by atoms with Crippen molar-refractivity contribution in [3.8, 4) is 5.75 Å². The van der Waals surface area contributed by atoms with Crippen molar-refractivity contribution >= 4 is 29.1 Å². The number of hydrogen-bond donors (Lipinski definition) is 0. The van der Waals surface area contributed by atoms with E-state index in [9.17, 15) is 19.7 Å². The molecule has 4 rings (SSSR count). The van der Waals surface area contributed by atoms with E-state index in [0.717, 1.165) is 12.8 Å². The number of carbonyl (C=O) groups is 1. The molecule has 2 aromatic rings. The molecule has 2 fully saturated rings. The van der Waals surface area contributed by atoms with Crippen LogP contribution in [0.5, 0.6) is 5.75 Å². The third kappa shape index (κ3) is 4.83. The summed E-state index contributed by atoms with van der Waals surface area (Å²) >= 11 is 6.34. The number of anilines is 1. The first-order chi connectivity index (χ1) is 15.4. The fourth-order valence-corrected chi connectivity index (χ4v) is 3.97. The summed E-state index contributed by atoms with van der Waals surface area (Å²) in [5.74, 6) is 0.135. The van der Waals surface area contributed by atoms with Gasteiger partial charge in [-0.2, -0.15) is 9.78 Å². The number of nitro groups is 1. The summed E-state index contributed by atoms with van der Waals surface area (Å²) in [6.45, 7) is 1.42. The largest absolute Gasteiger partial charge is 0.514 e. The molecule has 2 aliphatic rings. The summed E-state index contributed by atoms with van der Waals surface area (Å²) in [6, 6.07) is 5.10. The first kappa shape index (κ1) is 22.0. The minimum absolute atomic E-state index is 0.0447. The zero-order valence-electron chi connectivity index (χ0n) is 17.0. The molecule has 2 saturated heterocycles.